The van der Waals surface area contributed by atoms with Gasteiger partial charge in [0.2, 0.25) is 11.8 Å². The Labute approximate surface area is 205 Å². The van der Waals surface area contributed by atoms with E-state index in [1.165, 1.54) is 32.1 Å². The molecule has 9 heteroatoms. The Morgan fingerprint density at radius 2 is 1.71 bits per heavy atom. The van der Waals surface area contributed by atoms with E-state index in [0.717, 1.165) is 51.4 Å². The first-order valence-corrected chi connectivity index (χ1v) is 11.7. The average Bonchev–Trinajstić information content (AvgIpc) is 2.75. The highest BCUT2D eigenvalue weighted by Gasteiger charge is 2.22. The lowest BCUT2D eigenvalue weighted by Crippen LogP contribution is -2.51. The summed E-state index contributed by atoms with van der Waals surface area (Å²) in [7, 11) is 3.51. The van der Waals surface area contributed by atoms with Crippen molar-refractivity contribution in [2.75, 3.05) is 53.4 Å². The largest absolute Gasteiger partial charge is 0.356 e. The summed E-state index contributed by atoms with van der Waals surface area (Å²) in [6.45, 7) is 6.14. The molecule has 1 heterocycles. The highest BCUT2D eigenvalue weighted by atomic mass is 127. The summed E-state index contributed by atoms with van der Waals surface area (Å²) in [6.07, 6.45) is 9.42. The molecular formula is C22H43IN6O2. The highest BCUT2D eigenvalue weighted by Crippen LogP contribution is 2.22. The number of nitrogens with one attached hydrogen (secondary N) is 3. The number of likely N-dealkylation sites (tertiary alicyclic amines) is 1. The SMILES string of the molecule is CCCNC(=O)CN1CCC(NC(=NCC(=O)N(C)C)NCC2CCCCC2)CC1.I. The molecule has 0 radical (unpaired) electrons. The normalized spacial score (nSPS) is 18.7. The number of guanidine groups is 1. The Morgan fingerprint density at radius 1 is 1.03 bits per heavy atom. The van der Waals surface area contributed by atoms with Crippen LogP contribution in [-0.2, 0) is 9.59 Å². The van der Waals surface area contributed by atoms with Gasteiger partial charge in [0.05, 0.1) is 6.54 Å². The monoisotopic (exact) mass is 550 g/mol. The Morgan fingerprint density at radius 3 is 2.32 bits per heavy atom. The van der Waals surface area contributed by atoms with Crippen molar-refractivity contribution in [3.8, 4) is 0 Å². The van der Waals surface area contributed by atoms with Gasteiger partial charge in [0.1, 0.15) is 6.54 Å². The number of carbonyl (C=O) groups is 2. The van der Waals surface area contributed by atoms with Crippen LogP contribution in [0.3, 0.4) is 0 Å². The van der Waals surface area contributed by atoms with Gasteiger partial charge in [0.25, 0.3) is 0 Å². The zero-order valence-electron chi connectivity index (χ0n) is 19.6. The molecule has 0 aromatic heterocycles. The second-order valence-electron chi connectivity index (χ2n) is 8.88. The highest BCUT2D eigenvalue weighted by molar-refractivity contribution is 14.0. The summed E-state index contributed by atoms with van der Waals surface area (Å²) in [5.41, 5.74) is 0. The lowest BCUT2D eigenvalue weighted by molar-refractivity contribution is -0.127. The van der Waals surface area contributed by atoms with Crippen molar-refractivity contribution in [2.24, 2.45) is 10.9 Å². The van der Waals surface area contributed by atoms with Gasteiger partial charge in [-0.2, -0.15) is 0 Å². The predicted molar refractivity (Wildman–Crippen MR) is 137 cm³/mol. The van der Waals surface area contributed by atoms with Crippen molar-refractivity contribution in [2.45, 2.75) is 64.3 Å². The van der Waals surface area contributed by atoms with Crippen LogP contribution in [0, 0.1) is 5.92 Å². The van der Waals surface area contributed by atoms with E-state index < -0.39 is 0 Å². The van der Waals surface area contributed by atoms with Crippen LogP contribution in [-0.4, -0.2) is 87.0 Å². The second-order valence-corrected chi connectivity index (χ2v) is 8.88. The Hall–Kier alpha value is -1.10. The van der Waals surface area contributed by atoms with E-state index >= 15 is 0 Å². The number of nitrogens with zero attached hydrogens (tertiary/aromatic N) is 3. The molecule has 8 nitrogen and oxygen atoms in total. The third-order valence-electron chi connectivity index (χ3n) is 6.02. The second kappa shape index (κ2) is 15.7. The number of likely N-dealkylation sites (N-methyl/N-ethyl adjacent to an activating group) is 1. The summed E-state index contributed by atoms with van der Waals surface area (Å²) in [6, 6.07) is 0.312. The third-order valence-corrected chi connectivity index (χ3v) is 6.02. The lowest BCUT2D eigenvalue weighted by Gasteiger charge is -2.33. The topological polar surface area (TPSA) is 89.1 Å². The van der Waals surface area contributed by atoms with Crippen molar-refractivity contribution in [3.63, 3.8) is 0 Å². The van der Waals surface area contributed by atoms with Crippen molar-refractivity contribution in [1.82, 2.24) is 25.8 Å². The zero-order chi connectivity index (χ0) is 21.8. The van der Waals surface area contributed by atoms with Gasteiger partial charge >= 0.3 is 0 Å². The number of hydrogen-bond acceptors (Lipinski definition) is 4. The molecule has 31 heavy (non-hydrogen) atoms. The van der Waals surface area contributed by atoms with Gasteiger partial charge in [-0.25, -0.2) is 4.99 Å². The van der Waals surface area contributed by atoms with Crippen molar-refractivity contribution in [3.05, 3.63) is 0 Å². The summed E-state index contributed by atoms with van der Waals surface area (Å²) < 4.78 is 0. The molecule has 2 fully saturated rings. The minimum Gasteiger partial charge on any atom is -0.356 e. The minimum atomic E-state index is 0. The first-order chi connectivity index (χ1) is 14.5. The van der Waals surface area contributed by atoms with E-state index in [2.05, 4.69) is 32.8 Å². The smallest absolute Gasteiger partial charge is 0.243 e. The molecule has 0 atom stereocenters. The van der Waals surface area contributed by atoms with Crippen LogP contribution in [0.25, 0.3) is 0 Å². The molecule has 0 aromatic carbocycles. The van der Waals surface area contributed by atoms with E-state index in [1.807, 2.05) is 0 Å². The first kappa shape index (κ1) is 27.9. The number of rotatable bonds is 9. The molecule has 1 aliphatic heterocycles. The lowest BCUT2D eigenvalue weighted by atomic mass is 9.89. The first-order valence-electron chi connectivity index (χ1n) is 11.7. The molecule has 2 aliphatic rings. The molecule has 3 N–H and O–H groups in total. The van der Waals surface area contributed by atoms with Gasteiger partial charge in [-0.05, 0) is 38.0 Å². The number of aliphatic imine (C=N–C) groups is 1. The fourth-order valence-corrected chi connectivity index (χ4v) is 4.03. The number of hydrogen-bond donors (Lipinski definition) is 3. The Bertz CT molecular complexity index is 558. The van der Waals surface area contributed by atoms with Crippen molar-refractivity contribution < 1.29 is 9.59 Å². The molecule has 2 rings (SSSR count). The summed E-state index contributed by atoms with van der Waals surface area (Å²) in [4.78, 5) is 32.3. The maximum Gasteiger partial charge on any atom is 0.243 e. The van der Waals surface area contributed by atoms with Crippen molar-refractivity contribution >= 4 is 41.8 Å². The van der Waals surface area contributed by atoms with Crippen molar-refractivity contribution in [1.29, 1.82) is 0 Å². The van der Waals surface area contributed by atoms with Gasteiger partial charge in [-0.3, -0.25) is 14.5 Å². The molecular weight excluding hydrogens is 507 g/mol. The molecule has 0 aromatic rings. The molecule has 0 spiro atoms. The van der Waals surface area contributed by atoms with Crippen LogP contribution in [0.15, 0.2) is 4.99 Å². The van der Waals surface area contributed by atoms with Gasteiger partial charge in [0, 0.05) is 46.3 Å². The van der Waals surface area contributed by atoms with Crippen LogP contribution in [0.5, 0.6) is 0 Å². The van der Waals surface area contributed by atoms with E-state index in [1.54, 1.807) is 19.0 Å². The van der Waals surface area contributed by atoms with Gasteiger partial charge in [-0.1, -0.05) is 26.2 Å². The van der Waals surface area contributed by atoms with E-state index in [4.69, 9.17) is 0 Å². The molecule has 2 amide bonds. The van der Waals surface area contributed by atoms with E-state index in [9.17, 15) is 9.59 Å². The summed E-state index contributed by atoms with van der Waals surface area (Å²) in [5, 5.41) is 9.97. The van der Waals surface area contributed by atoms with Crippen LogP contribution < -0.4 is 16.0 Å². The Kier molecular flexibility index (Phi) is 14.1. The third kappa shape index (κ3) is 11.4. The minimum absolute atomic E-state index is 0. The summed E-state index contributed by atoms with van der Waals surface area (Å²) in [5.74, 6) is 1.55. The predicted octanol–water partition coefficient (Wildman–Crippen LogP) is 1.80. The van der Waals surface area contributed by atoms with Crippen LogP contribution in [0.4, 0.5) is 0 Å². The van der Waals surface area contributed by atoms with Gasteiger partial charge in [0.15, 0.2) is 5.96 Å². The standard InChI is InChI=1S/C22H42N6O2.HI/c1-4-12-23-20(29)17-28-13-10-19(11-14-28)26-22(25-16-21(30)27(2)3)24-15-18-8-6-5-7-9-18;/h18-19H,4-17H2,1-3H3,(H,23,29)(H2,24,25,26);1H. The fraction of sp³-hybridized carbons (Fsp3) is 0.864. The number of amides is 2. The molecule has 1 saturated heterocycles. The van der Waals surface area contributed by atoms with Crippen LogP contribution in [0.1, 0.15) is 58.3 Å². The van der Waals surface area contributed by atoms with Gasteiger partial charge in [-0.15, -0.1) is 24.0 Å². The molecule has 180 valence electrons. The molecule has 0 unspecified atom stereocenters. The number of carbonyl (C=O) groups excluding carboxylic acids is 2. The quantitative estimate of drug-likeness (QED) is 0.232. The maximum atomic E-state index is 12.0. The summed E-state index contributed by atoms with van der Waals surface area (Å²) >= 11 is 0. The molecule has 0 bridgehead atoms. The average molecular weight is 551 g/mol. The maximum absolute atomic E-state index is 12.0. The van der Waals surface area contributed by atoms with E-state index in [-0.39, 0.29) is 42.3 Å². The van der Waals surface area contributed by atoms with Gasteiger partial charge < -0.3 is 20.9 Å². The fourth-order valence-electron chi connectivity index (χ4n) is 4.03. The van der Waals surface area contributed by atoms with Crippen LogP contribution in [0.2, 0.25) is 0 Å². The number of piperidine rings is 1. The zero-order valence-corrected chi connectivity index (χ0v) is 22.0. The van der Waals surface area contributed by atoms with Crippen LogP contribution >= 0.6 is 24.0 Å². The molecule has 1 aliphatic carbocycles. The Balaban J connectivity index is 0.00000480. The van der Waals surface area contributed by atoms with E-state index in [0.29, 0.717) is 18.5 Å². The number of halogens is 1. The molecule has 1 saturated carbocycles.